The molecule has 0 radical (unpaired) electrons. The van der Waals surface area contributed by atoms with Crippen LogP contribution in [0, 0.1) is 0 Å². The number of piperidine rings is 1. The van der Waals surface area contributed by atoms with Crippen LogP contribution in [0.2, 0.25) is 0 Å². The number of amides is 2. The minimum atomic E-state index is -4.59. The highest BCUT2D eigenvalue weighted by Gasteiger charge is 2.36. The van der Waals surface area contributed by atoms with Crippen LogP contribution in [-0.2, 0) is 17.4 Å². The lowest BCUT2D eigenvalue weighted by molar-refractivity contribution is -0.138. The van der Waals surface area contributed by atoms with Crippen LogP contribution in [0.15, 0.2) is 48.5 Å². The molecule has 1 N–H and O–H groups in total. The van der Waals surface area contributed by atoms with E-state index in [1.165, 1.54) is 28.7 Å². The molecule has 32 heavy (non-hydrogen) atoms. The largest absolute Gasteiger partial charge is 0.484 e. The fraction of sp³-hybridized carbons (Fsp3) is 0.417. The van der Waals surface area contributed by atoms with E-state index in [4.69, 9.17) is 4.74 Å². The molecule has 2 aromatic rings. The highest BCUT2D eigenvalue weighted by atomic mass is 19.4. The molecule has 0 saturated carbocycles. The van der Waals surface area contributed by atoms with Gasteiger partial charge in [-0.15, -0.1) is 0 Å². The monoisotopic (exact) mass is 448 g/mol. The highest BCUT2D eigenvalue weighted by molar-refractivity contribution is 5.96. The summed E-state index contributed by atoms with van der Waals surface area (Å²) in [5.74, 6) is -0.295. The number of hydrogen-bond acceptors (Lipinski definition) is 3. The summed E-state index contributed by atoms with van der Waals surface area (Å²) in [6.45, 7) is 2.53. The first-order chi connectivity index (χ1) is 15.3. The second-order valence-electron chi connectivity index (χ2n) is 7.86. The van der Waals surface area contributed by atoms with E-state index in [1.807, 2.05) is 24.3 Å². The molecule has 0 spiro atoms. The maximum Gasteiger partial charge on any atom is 0.417 e. The zero-order chi connectivity index (χ0) is 23.1. The Morgan fingerprint density at radius 1 is 1.06 bits per heavy atom. The average molecular weight is 448 g/mol. The van der Waals surface area contributed by atoms with Crippen LogP contribution in [0.3, 0.4) is 0 Å². The van der Waals surface area contributed by atoms with Gasteiger partial charge in [-0.05, 0) is 49.1 Å². The van der Waals surface area contributed by atoms with Crippen LogP contribution in [0.25, 0.3) is 0 Å². The summed E-state index contributed by atoms with van der Waals surface area (Å²) >= 11 is 0. The van der Waals surface area contributed by atoms with Gasteiger partial charge in [-0.25, -0.2) is 0 Å². The number of aryl methyl sites for hydroxylation is 1. The maximum atomic E-state index is 13.2. The molecule has 2 amide bonds. The number of nitrogens with one attached hydrogen (secondary N) is 1. The summed E-state index contributed by atoms with van der Waals surface area (Å²) in [6, 6.07) is 12.3. The van der Waals surface area contributed by atoms with Crippen LogP contribution < -0.4 is 10.1 Å². The molecule has 3 rings (SSSR count). The molecular weight excluding hydrogens is 421 g/mol. The topological polar surface area (TPSA) is 58.6 Å². The standard InChI is InChI=1S/C24H27F3N2O3/c1-2-5-17-8-10-19(11-9-17)32-16-22(30)28-18-12-14-29(15-13-18)23(31)20-6-3-4-7-21(20)24(25,26)27/h3-4,6-11,18H,2,5,12-16H2,1H3,(H,28,30). The van der Waals surface area contributed by atoms with Crippen molar-refractivity contribution in [3.05, 3.63) is 65.2 Å². The van der Waals surface area contributed by atoms with E-state index >= 15 is 0 Å². The number of carbonyl (C=O) groups is 2. The summed E-state index contributed by atoms with van der Waals surface area (Å²) in [5.41, 5.74) is -0.0652. The van der Waals surface area contributed by atoms with Gasteiger partial charge in [-0.2, -0.15) is 13.2 Å². The Hall–Kier alpha value is -3.03. The third-order valence-corrected chi connectivity index (χ3v) is 5.44. The zero-order valence-electron chi connectivity index (χ0n) is 18.0. The smallest absolute Gasteiger partial charge is 0.417 e. The van der Waals surface area contributed by atoms with Crippen LogP contribution in [0.5, 0.6) is 5.75 Å². The average Bonchev–Trinajstić information content (AvgIpc) is 2.78. The van der Waals surface area contributed by atoms with E-state index in [0.717, 1.165) is 18.9 Å². The predicted molar refractivity (Wildman–Crippen MR) is 114 cm³/mol. The number of nitrogens with zero attached hydrogens (tertiary/aromatic N) is 1. The van der Waals surface area contributed by atoms with E-state index in [2.05, 4.69) is 12.2 Å². The van der Waals surface area contributed by atoms with Gasteiger partial charge >= 0.3 is 6.18 Å². The summed E-state index contributed by atoms with van der Waals surface area (Å²) in [5, 5.41) is 2.87. The summed E-state index contributed by atoms with van der Waals surface area (Å²) in [4.78, 5) is 26.2. The quantitative estimate of drug-likeness (QED) is 0.681. The Morgan fingerprint density at radius 3 is 2.34 bits per heavy atom. The van der Waals surface area contributed by atoms with Crippen molar-refractivity contribution in [3.8, 4) is 5.75 Å². The molecule has 1 heterocycles. The van der Waals surface area contributed by atoms with Gasteiger partial charge in [-0.3, -0.25) is 9.59 Å². The Bertz CT molecular complexity index is 921. The molecule has 1 aliphatic heterocycles. The van der Waals surface area contributed by atoms with Gasteiger partial charge in [0.25, 0.3) is 11.8 Å². The molecular formula is C24H27F3N2O3. The maximum absolute atomic E-state index is 13.2. The van der Waals surface area contributed by atoms with Gasteiger partial charge in [0.1, 0.15) is 5.75 Å². The van der Waals surface area contributed by atoms with Gasteiger partial charge in [0, 0.05) is 19.1 Å². The number of ether oxygens (including phenoxy) is 1. The van der Waals surface area contributed by atoms with Crippen molar-refractivity contribution in [1.82, 2.24) is 10.2 Å². The van der Waals surface area contributed by atoms with Gasteiger partial charge in [0.15, 0.2) is 6.61 Å². The van der Waals surface area contributed by atoms with Crippen LogP contribution in [0.1, 0.15) is 47.7 Å². The number of carbonyl (C=O) groups excluding carboxylic acids is 2. The van der Waals surface area contributed by atoms with Crippen LogP contribution >= 0.6 is 0 Å². The fourth-order valence-corrected chi connectivity index (χ4v) is 3.77. The van der Waals surface area contributed by atoms with E-state index in [0.29, 0.717) is 18.6 Å². The Balaban J connectivity index is 1.46. The first kappa shape index (κ1) is 23.6. The lowest BCUT2D eigenvalue weighted by Gasteiger charge is -2.33. The molecule has 0 aromatic heterocycles. The zero-order valence-corrected chi connectivity index (χ0v) is 18.0. The normalized spacial score (nSPS) is 14.8. The lowest BCUT2D eigenvalue weighted by Crippen LogP contribution is -2.47. The van der Waals surface area contributed by atoms with Crippen molar-refractivity contribution in [2.24, 2.45) is 0 Å². The highest BCUT2D eigenvalue weighted by Crippen LogP contribution is 2.32. The molecule has 0 aliphatic carbocycles. The van der Waals surface area contributed by atoms with Gasteiger partial charge < -0.3 is 15.0 Å². The van der Waals surface area contributed by atoms with Crippen molar-refractivity contribution < 1.29 is 27.5 Å². The first-order valence-electron chi connectivity index (χ1n) is 10.7. The van der Waals surface area contributed by atoms with Crippen LogP contribution in [0.4, 0.5) is 13.2 Å². The van der Waals surface area contributed by atoms with Gasteiger partial charge in [-0.1, -0.05) is 37.6 Å². The van der Waals surface area contributed by atoms with Crippen molar-refractivity contribution in [3.63, 3.8) is 0 Å². The second-order valence-corrected chi connectivity index (χ2v) is 7.86. The molecule has 0 bridgehead atoms. The van der Waals surface area contributed by atoms with E-state index in [1.54, 1.807) is 0 Å². The number of likely N-dealkylation sites (tertiary alicyclic amines) is 1. The van der Waals surface area contributed by atoms with Crippen LogP contribution in [-0.4, -0.2) is 42.5 Å². The number of benzene rings is 2. The molecule has 5 nitrogen and oxygen atoms in total. The minimum absolute atomic E-state index is 0.120. The molecule has 2 aromatic carbocycles. The molecule has 0 atom stereocenters. The molecule has 172 valence electrons. The number of rotatable bonds is 7. The summed E-state index contributed by atoms with van der Waals surface area (Å²) < 4.78 is 45.1. The van der Waals surface area contributed by atoms with Crippen molar-refractivity contribution >= 4 is 11.8 Å². The molecule has 0 unspecified atom stereocenters. The first-order valence-corrected chi connectivity index (χ1v) is 10.7. The lowest BCUT2D eigenvalue weighted by atomic mass is 10.0. The number of halogens is 3. The fourth-order valence-electron chi connectivity index (χ4n) is 3.77. The number of alkyl halides is 3. The second kappa shape index (κ2) is 10.5. The van der Waals surface area contributed by atoms with E-state index in [9.17, 15) is 22.8 Å². The van der Waals surface area contributed by atoms with E-state index in [-0.39, 0.29) is 37.2 Å². The van der Waals surface area contributed by atoms with E-state index < -0.39 is 17.6 Å². The van der Waals surface area contributed by atoms with Crippen molar-refractivity contribution in [1.29, 1.82) is 0 Å². The number of hydrogen-bond donors (Lipinski definition) is 1. The third kappa shape index (κ3) is 6.24. The third-order valence-electron chi connectivity index (χ3n) is 5.44. The SMILES string of the molecule is CCCc1ccc(OCC(=O)NC2CCN(C(=O)c3ccccc3C(F)(F)F)CC2)cc1. The van der Waals surface area contributed by atoms with Crippen molar-refractivity contribution in [2.75, 3.05) is 19.7 Å². The Morgan fingerprint density at radius 2 is 1.72 bits per heavy atom. The Labute approximate surface area is 185 Å². The Kier molecular flexibility index (Phi) is 7.77. The minimum Gasteiger partial charge on any atom is -0.484 e. The summed E-state index contributed by atoms with van der Waals surface area (Å²) in [7, 11) is 0. The predicted octanol–water partition coefficient (Wildman–Crippen LogP) is 4.46. The molecule has 1 aliphatic rings. The van der Waals surface area contributed by atoms with Gasteiger partial charge in [0.2, 0.25) is 0 Å². The van der Waals surface area contributed by atoms with Gasteiger partial charge in [0.05, 0.1) is 11.1 Å². The molecule has 1 saturated heterocycles. The molecule has 1 fully saturated rings. The van der Waals surface area contributed by atoms with Crippen molar-refractivity contribution in [2.45, 2.75) is 44.8 Å². The summed E-state index contributed by atoms with van der Waals surface area (Å²) in [6.07, 6.45) is -1.60. The molecule has 8 heteroatoms.